The van der Waals surface area contributed by atoms with Crippen LogP contribution in [0.4, 0.5) is 0 Å². The number of nitrogens with one attached hydrogen (secondary N) is 1. The fraction of sp³-hybridized carbons (Fsp3) is 0.464. The summed E-state index contributed by atoms with van der Waals surface area (Å²) in [6, 6.07) is 16.7. The van der Waals surface area contributed by atoms with Gasteiger partial charge >= 0.3 is 5.97 Å². The Hall–Kier alpha value is -2.40. The molecular formula is C28H32Cl3NO8. The van der Waals surface area contributed by atoms with Gasteiger partial charge in [-0.2, -0.15) is 0 Å². The Bertz CT molecular complexity index is 1130. The van der Waals surface area contributed by atoms with Crippen molar-refractivity contribution in [1.82, 2.24) is 5.32 Å². The Morgan fingerprint density at radius 2 is 1.48 bits per heavy atom. The predicted octanol–water partition coefficient (Wildman–Crippen LogP) is 4.68. The van der Waals surface area contributed by atoms with E-state index in [4.69, 9.17) is 58.5 Å². The Kier molecular flexibility index (Phi) is 12.0. The number of amides is 1. The van der Waals surface area contributed by atoms with E-state index >= 15 is 0 Å². The summed E-state index contributed by atoms with van der Waals surface area (Å²) in [6.07, 6.45) is -4.92. The summed E-state index contributed by atoms with van der Waals surface area (Å²) in [6.45, 7) is 3.44. The van der Waals surface area contributed by atoms with Gasteiger partial charge in [0.2, 0.25) is 0 Å². The van der Waals surface area contributed by atoms with Crippen molar-refractivity contribution >= 4 is 52.5 Å². The number of ketones is 1. The second kappa shape index (κ2) is 15.0. The van der Waals surface area contributed by atoms with Gasteiger partial charge in [0.15, 0.2) is 12.3 Å². The molecule has 1 N–H and O–H groups in total. The molecule has 2 aromatic rings. The number of carbonyl (C=O) groups is 3. The number of methoxy groups -OCH3 is 1. The van der Waals surface area contributed by atoms with E-state index in [9.17, 15) is 14.4 Å². The molecular weight excluding hydrogens is 585 g/mol. The highest BCUT2D eigenvalue weighted by atomic mass is 35.6. The first-order chi connectivity index (χ1) is 19.0. The maximum Gasteiger partial charge on any atom is 0.306 e. The van der Waals surface area contributed by atoms with Crippen molar-refractivity contribution in [2.24, 2.45) is 0 Å². The molecule has 0 bridgehead atoms. The zero-order chi connectivity index (χ0) is 29.3. The summed E-state index contributed by atoms with van der Waals surface area (Å²) < 4.78 is 27.3. The van der Waals surface area contributed by atoms with Gasteiger partial charge in [-0.1, -0.05) is 77.3 Å². The number of rotatable bonds is 12. The van der Waals surface area contributed by atoms with E-state index < -0.39 is 46.3 Å². The third kappa shape index (κ3) is 9.61. The van der Waals surface area contributed by atoms with Crippen LogP contribution in [0.25, 0.3) is 0 Å². The van der Waals surface area contributed by atoms with Crippen molar-refractivity contribution in [3.63, 3.8) is 0 Å². The lowest BCUT2D eigenvalue weighted by atomic mass is 9.97. The van der Waals surface area contributed by atoms with Gasteiger partial charge in [-0.05, 0) is 37.1 Å². The fourth-order valence-corrected chi connectivity index (χ4v) is 4.22. The van der Waals surface area contributed by atoms with E-state index in [0.29, 0.717) is 5.75 Å². The highest BCUT2D eigenvalue weighted by Crippen LogP contribution is 2.31. The average molecular weight is 617 g/mol. The Balaban J connectivity index is 1.91. The Labute approximate surface area is 248 Å². The number of carbonyl (C=O) groups excluding carboxylic acids is 3. The molecule has 1 heterocycles. The van der Waals surface area contributed by atoms with Gasteiger partial charge < -0.3 is 33.8 Å². The van der Waals surface area contributed by atoms with Gasteiger partial charge in [-0.25, -0.2) is 0 Å². The number of alkyl halides is 3. The third-order valence-corrected chi connectivity index (χ3v) is 6.65. The molecule has 2 aromatic carbocycles. The van der Waals surface area contributed by atoms with Gasteiger partial charge in [-0.15, -0.1) is 0 Å². The Morgan fingerprint density at radius 1 is 0.875 bits per heavy atom. The molecule has 1 aliphatic rings. The van der Waals surface area contributed by atoms with E-state index in [0.717, 1.165) is 11.1 Å². The predicted molar refractivity (Wildman–Crippen MR) is 149 cm³/mol. The van der Waals surface area contributed by atoms with Gasteiger partial charge in [0.05, 0.1) is 32.8 Å². The molecule has 0 spiro atoms. The standard InChI is InChI=1S/C28H32Cl3NO8/c1-17(33)9-14-22(34)40-25-24(38-16-20-10-12-21(36-3)13-11-20)23(37-15-19-7-5-4-6-8-19)18(2)39-26(25)32-27(35)28(29,30)31/h4-8,10-13,18,23-26H,9,14-16H2,1-3H3,(H,32,35)/t18-,23-,24+,25+,26-/m0/s1. The minimum Gasteiger partial charge on any atom is -0.497 e. The molecule has 1 aliphatic heterocycles. The van der Waals surface area contributed by atoms with E-state index in [1.165, 1.54) is 6.92 Å². The summed E-state index contributed by atoms with van der Waals surface area (Å²) in [5.74, 6) is -1.16. The molecule has 5 atom stereocenters. The van der Waals surface area contributed by atoms with Crippen molar-refractivity contribution in [3.05, 3.63) is 65.7 Å². The SMILES string of the molecule is COc1ccc(CO[C@@H]2[C@@H](OCc3ccccc3)[C@H](C)O[C@H](NC(=O)C(Cl)(Cl)Cl)[C@@H]2OC(=O)CCC(C)=O)cc1. The van der Waals surface area contributed by atoms with Crippen molar-refractivity contribution < 1.29 is 38.1 Å². The Morgan fingerprint density at radius 3 is 2.05 bits per heavy atom. The molecule has 0 aliphatic carbocycles. The van der Waals surface area contributed by atoms with Crippen LogP contribution in [0.3, 0.4) is 0 Å². The van der Waals surface area contributed by atoms with Crippen LogP contribution in [0.2, 0.25) is 0 Å². The molecule has 0 aromatic heterocycles. The first-order valence-corrected chi connectivity index (χ1v) is 13.7. The van der Waals surface area contributed by atoms with Crippen LogP contribution in [0, 0.1) is 0 Å². The zero-order valence-electron chi connectivity index (χ0n) is 22.3. The van der Waals surface area contributed by atoms with Crippen LogP contribution in [0.5, 0.6) is 5.75 Å². The topological polar surface area (TPSA) is 109 Å². The van der Waals surface area contributed by atoms with Crippen LogP contribution in [0.1, 0.15) is 37.8 Å². The van der Waals surface area contributed by atoms with Crippen LogP contribution in [-0.4, -0.2) is 59.2 Å². The largest absolute Gasteiger partial charge is 0.497 e. The quantitative estimate of drug-likeness (QED) is 0.271. The smallest absolute Gasteiger partial charge is 0.306 e. The molecule has 1 saturated heterocycles. The molecule has 40 heavy (non-hydrogen) atoms. The molecule has 9 nitrogen and oxygen atoms in total. The molecule has 0 unspecified atom stereocenters. The average Bonchev–Trinajstić information content (AvgIpc) is 2.92. The van der Waals surface area contributed by atoms with E-state index in [1.54, 1.807) is 26.2 Å². The number of benzene rings is 2. The third-order valence-electron chi connectivity index (χ3n) is 6.14. The highest BCUT2D eigenvalue weighted by molar-refractivity contribution is 6.76. The summed E-state index contributed by atoms with van der Waals surface area (Å²) in [4.78, 5) is 36.8. The van der Waals surface area contributed by atoms with Crippen molar-refractivity contribution in [3.8, 4) is 5.75 Å². The van der Waals surface area contributed by atoms with Gasteiger partial charge in [0.1, 0.15) is 23.7 Å². The molecule has 0 radical (unpaired) electrons. The van der Waals surface area contributed by atoms with Crippen LogP contribution >= 0.6 is 34.8 Å². The van der Waals surface area contributed by atoms with Gasteiger partial charge in [0.25, 0.3) is 9.70 Å². The lowest BCUT2D eigenvalue weighted by Crippen LogP contribution is -2.65. The highest BCUT2D eigenvalue weighted by Gasteiger charge is 2.50. The van der Waals surface area contributed by atoms with E-state index in [-0.39, 0.29) is 31.8 Å². The lowest BCUT2D eigenvalue weighted by Gasteiger charge is -2.45. The van der Waals surface area contributed by atoms with Crippen molar-refractivity contribution in [1.29, 1.82) is 0 Å². The van der Waals surface area contributed by atoms with Crippen LogP contribution < -0.4 is 10.1 Å². The van der Waals surface area contributed by atoms with Gasteiger partial charge in [-0.3, -0.25) is 9.59 Å². The summed E-state index contributed by atoms with van der Waals surface area (Å²) >= 11 is 17.3. The summed E-state index contributed by atoms with van der Waals surface area (Å²) in [7, 11) is 1.57. The minimum absolute atomic E-state index is 0.0146. The lowest BCUT2D eigenvalue weighted by molar-refractivity contribution is -0.260. The molecule has 218 valence electrons. The van der Waals surface area contributed by atoms with E-state index in [2.05, 4.69) is 5.32 Å². The monoisotopic (exact) mass is 615 g/mol. The summed E-state index contributed by atoms with van der Waals surface area (Å²) in [5.41, 5.74) is 1.72. The normalized spacial score (nSPS) is 22.8. The van der Waals surface area contributed by atoms with Gasteiger partial charge in [0, 0.05) is 6.42 Å². The van der Waals surface area contributed by atoms with Crippen LogP contribution in [-0.2, 0) is 46.5 Å². The second-order valence-corrected chi connectivity index (χ2v) is 11.6. The molecule has 1 amide bonds. The minimum atomic E-state index is -2.30. The second-order valence-electron chi connectivity index (χ2n) is 9.27. The van der Waals surface area contributed by atoms with E-state index in [1.807, 2.05) is 42.5 Å². The molecule has 12 heteroatoms. The maximum atomic E-state index is 12.8. The summed E-state index contributed by atoms with van der Waals surface area (Å²) in [5, 5.41) is 2.49. The van der Waals surface area contributed by atoms with Crippen molar-refractivity contribution in [2.45, 2.75) is 74.3 Å². The number of Topliss-reactive ketones (excluding diaryl/α,β-unsaturated/α-hetero) is 1. The molecule has 3 rings (SSSR count). The first kappa shape index (κ1) is 32.1. The number of hydrogen-bond donors (Lipinski definition) is 1. The number of esters is 1. The number of ether oxygens (including phenoxy) is 5. The van der Waals surface area contributed by atoms with Crippen molar-refractivity contribution in [2.75, 3.05) is 7.11 Å². The molecule has 0 saturated carbocycles. The number of hydrogen-bond acceptors (Lipinski definition) is 8. The number of halogens is 3. The fourth-order valence-electron chi connectivity index (χ4n) is 4.06. The zero-order valence-corrected chi connectivity index (χ0v) is 24.6. The molecule has 1 fully saturated rings. The van der Waals surface area contributed by atoms with Crippen LogP contribution in [0.15, 0.2) is 54.6 Å². The maximum absolute atomic E-state index is 12.8. The first-order valence-electron chi connectivity index (χ1n) is 12.6.